The van der Waals surface area contributed by atoms with Gasteiger partial charge in [-0.05, 0) is 126 Å². The average Bonchev–Trinajstić information content (AvgIpc) is 3.81. The first kappa shape index (κ1) is 43.2. The molecule has 0 spiro atoms. The van der Waals surface area contributed by atoms with Crippen molar-refractivity contribution in [2.24, 2.45) is 0 Å². The molecule has 3 heteroatoms. The molecule has 0 saturated heterocycles. The summed E-state index contributed by atoms with van der Waals surface area (Å²) in [6.45, 7) is 9.46. The molecule has 3 nitrogen and oxygen atoms in total. The fraction of sp³-hybridized carbons (Fsp3) is 0.0870. The first-order valence-electron chi connectivity index (χ1n) is 25.0. The van der Waals surface area contributed by atoms with Crippen molar-refractivity contribution in [3.63, 3.8) is 0 Å². The fourth-order valence-electron chi connectivity index (χ4n) is 11.3. The number of hydrogen-bond donors (Lipinski definition) is 0. The van der Waals surface area contributed by atoms with Crippen LogP contribution in [0.5, 0.6) is 0 Å². The van der Waals surface area contributed by atoms with Crippen LogP contribution in [0, 0.1) is 0 Å². The second-order valence-electron chi connectivity index (χ2n) is 20.4. The molecule has 0 amide bonds. The second kappa shape index (κ2) is 17.0. The Hall–Kier alpha value is -8.79. The zero-order valence-corrected chi connectivity index (χ0v) is 40.9. The summed E-state index contributed by atoms with van der Waals surface area (Å²) >= 11 is 0. The Morgan fingerprint density at radius 1 is 0.222 bits per heavy atom. The van der Waals surface area contributed by atoms with E-state index in [2.05, 4.69) is 240 Å². The van der Waals surface area contributed by atoms with Crippen molar-refractivity contribution < 1.29 is 0 Å². The zero-order chi connectivity index (χ0) is 48.6. The van der Waals surface area contributed by atoms with Gasteiger partial charge in [-0.15, -0.1) is 0 Å². The van der Waals surface area contributed by atoms with Crippen LogP contribution in [0.4, 0.5) is 0 Å². The third kappa shape index (κ3) is 7.40. The second-order valence-corrected chi connectivity index (χ2v) is 20.4. The van der Waals surface area contributed by atoms with Crippen LogP contribution in [0.3, 0.4) is 0 Å². The molecule has 2 aromatic heterocycles. The highest BCUT2D eigenvalue weighted by molar-refractivity contribution is 5.89. The van der Waals surface area contributed by atoms with Crippen LogP contribution < -0.4 is 0 Å². The van der Waals surface area contributed by atoms with Crippen LogP contribution in [-0.4, -0.2) is 15.0 Å². The highest BCUT2D eigenvalue weighted by Gasteiger charge is 2.37. The maximum atomic E-state index is 5.28. The average molecular weight is 922 g/mol. The Balaban J connectivity index is 0.808. The maximum absolute atomic E-state index is 5.28. The van der Waals surface area contributed by atoms with Gasteiger partial charge in [-0.1, -0.05) is 216 Å². The van der Waals surface area contributed by atoms with Gasteiger partial charge in [-0.2, -0.15) is 0 Å². The summed E-state index contributed by atoms with van der Waals surface area (Å²) < 4.78 is 0. The van der Waals surface area contributed by atoms with E-state index in [0.717, 1.165) is 62.0 Å². The molecule has 0 bridgehead atoms. The van der Waals surface area contributed by atoms with Crippen molar-refractivity contribution in [3.8, 4) is 112 Å². The summed E-state index contributed by atoms with van der Waals surface area (Å²) in [6.07, 6.45) is 0. The Bertz CT molecular complexity index is 3520. The molecule has 0 fully saturated rings. The first-order chi connectivity index (χ1) is 35.2. The minimum Gasteiger partial charge on any atom is -0.248 e. The molecule has 0 saturated carbocycles. The smallest absolute Gasteiger partial charge is 0.160 e. The van der Waals surface area contributed by atoms with Crippen LogP contribution in [0.1, 0.15) is 49.9 Å². The molecule has 2 heterocycles. The van der Waals surface area contributed by atoms with Gasteiger partial charge in [0.25, 0.3) is 0 Å². The lowest BCUT2D eigenvalue weighted by Gasteiger charge is -2.23. The highest BCUT2D eigenvalue weighted by atomic mass is 14.9. The Morgan fingerprint density at radius 3 is 0.986 bits per heavy atom. The van der Waals surface area contributed by atoms with Gasteiger partial charge in [-0.3, -0.25) is 0 Å². The fourth-order valence-corrected chi connectivity index (χ4v) is 11.3. The van der Waals surface area contributed by atoms with Gasteiger partial charge in [0.2, 0.25) is 0 Å². The summed E-state index contributed by atoms with van der Waals surface area (Å²) in [5.41, 5.74) is 26.4. The number of aromatic nitrogens is 3. The molecule has 9 aromatic carbocycles. The lowest BCUT2D eigenvalue weighted by Crippen LogP contribution is -2.15. The molecular formula is C69H51N3. The molecule has 2 aliphatic rings. The largest absolute Gasteiger partial charge is 0.248 e. The number of fused-ring (bicyclic) bond motifs is 6. The van der Waals surface area contributed by atoms with E-state index < -0.39 is 0 Å². The molecular weight excluding hydrogens is 871 g/mol. The Labute approximate surface area is 422 Å². The van der Waals surface area contributed by atoms with E-state index in [1.807, 2.05) is 24.3 Å². The van der Waals surface area contributed by atoms with E-state index in [1.54, 1.807) is 0 Å². The summed E-state index contributed by atoms with van der Waals surface area (Å²) in [5, 5.41) is 0. The predicted octanol–water partition coefficient (Wildman–Crippen LogP) is 17.8. The lowest BCUT2D eigenvalue weighted by molar-refractivity contribution is 0.660. The maximum Gasteiger partial charge on any atom is 0.160 e. The van der Waals surface area contributed by atoms with Crippen molar-refractivity contribution in [1.82, 2.24) is 15.0 Å². The van der Waals surface area contributed by atoms with Gasteiger partial charge in [0.15, 0.2) is 5.82 Å². The van der Waals surface area contributed by atoms with E-state index in [-0.39, 0.29) is 10.8 Å². The lowest BCUT2D eigenvalue weighted by atomic mass is 9.80. The van der Waals surface area contributed by atoms with Gasteiger partial charge >= 0.3 is 0 Å². The van der Waals surface area contributed by atoms with Crippen LogP contribution in [0.2, 0.25) is 0 Å². The van der Waals surface area contributed by atoms with Gasteiger partial charge < -0.3 is 0 Å². The summed E-state index contributed by atoms with van der Waals surface area (Å²) in [7, 11) is 0. The quantitative estimate of drug-likeness (QED) is 0.152. The molecule has 0 atom stereocenters. The molecule has 2 aliphatic carbocycles. The Morgan fingerprint density at radius 2 is 0.542 bits per heavy atom. The summed E-state index contributed by atoms with van der Waals surface area (Å²) in [6, 6.07) is 85.4. The van der Waals surface area contributed by atoms with Crippen LogP contribution in [-0.2, 0) is 10.8 Å². The van der Waals surface area contributed by atoms with Gasteiger partial charge in [0, 0.05) is 38.6 Å². The van der Waals surface area contributed by atoms with Crippen molar-refractivity contribution in [2.75, 3.05) is 0 Å². The normalized spacial score (nSPS) is 13.5. The molecule has 13 rings (SSSR count). The monoisotopic (exact) mass is 921 g/mol. The number of rotatable bonds is 8. The number of nitrogens with zero attached hydrogens (tertiary/aromatic N) is 3. The van der Waals surface area contributed by atoms with Crippen molar-refractivity contribution >= 4 is 0 Å². The van der Waals surface area contributed by atoms with E-state index in [9.17, 15) is 0 Å². The van der Waals surface area contributed by atoms with Gasteiger partial charge in [-0.25, -0.2) is 15.0 Å². The highest BCUT2D eigenvalue weighted by Crippen LogP contribution is 2.53. The van der Waals surface area contributed by atoms with Crippen LogP contribution >= 0.6 is 0 Å². The molecule has 11 aromatic rings. The molecule has 0 N–H and O–H groups in total. The van der Waals surface area contributed by atoms with E-state index >= 15 is 0 Å². The summed E-state index contributed by atoms with van der Waals surface area (Å²) in [5.74, 6) is 0.724. The van der Waals surface area contributed by atoms with Crippen LogP contribution in [0.25, 0.3) is 112 Å². The molecule has 0 radical (unpaired) electrons. The topological polar surface area (TPSA) is 38.7 Å². The molecule has 0 aliphatic heterocycles. The van der Waals surface area contributed by atoms with E-state index in [1.165, 1.54) is 72.3 Å². The SMILES string of the molecule is CC1(C)c2cc(-c3cccc(-c4ccc5c(c4)C(C)(C)c4cc(-c6cc(-c7ccccc7)nc(-c7ccccc7)n6)ccc4-5)c3)ccc2-c2ccc(-c3cc(-c4ccccc4)cc(-c4ccccc4)n3)cc21. The minimum absolute atomic E-state index is 0.212. The number of benzene rings is 9. The van der Waals surface area contributed by atoms with E-state index in [0.29, 0.717) is 0 Å². The predicted molar refractivity (Wildman–Crippen MR) is 298 cm³/mol. The van der Waals surface area contributed by atoms with Crippen molar-refractivity contribution in [1.29, 1.82) is 0 Å². The van der Waals surface area contributed by atoms with Gasteiger partial charge in [0.05, 0.1) is 22.8 Å². The van der Waals surface area contributed by atoms with E-state index in [4.69, 9.17) is 15.0 Å². The third-order valence-corrected chi connectivity index (χ3v) is 15.3. The third-order valence-electron chi connectivity index (χ3n) is 15.3. The zero-order valence-electron chi connectivity index (χ0n) is 40.9. The summed E-state index contributed by atoms with van der Waals surface area (Å²) in [4.78, 5) is 15.5. The number of pyridine rings is 1. The number of hydrogen-bond acceptors (Lipinski definition) is 3. The van der Waals surface area contributed by atoms with Crippen molar-refractivity contribution in [3.05, 3.63) is 259 Å². The minimum atomic E-state index is -0.225. The standard InChI is InChI=1S/C69H51N3/c1-68(2)59-37-50(28-32-55(59)57-34-30-52(39-61(57)68)64-42-54(44-18-9-5-10-19-44)41-63(70-64)45-20-11-6-12-21-45)48-26-17-27-49(36-48)51-29-33-56-58-35-31-53(40-62(58)69(3,4)60(56)38-51)66-43-65(46-22-13-7-14-23-46)71-67(72-66)47-24-15-8-16-25-47/h5-43H,1-4H3. The van der Waals surface area contributed by atoms with Crippen molar-refractivity contribution in [2.45, 2.75) is 38.5 Å². The molecule has 72 heavy (non-hydrogen) atoms. The molecule has 342 valence electrons. The van der Waals surface area contributed by atoms with Crippen LogP contribution in [0.15, 0.2) is 237 Å². The molecule has 0 unspecified atom stereocenters. The van der Waals surface area contributed by atoms with Gasteiger partial charge in [0.1, 0.15) is 0 Å². The first-order valence-corrected chi connectivity index (χ1v) is 25.0. The Kier molecular flexibility index (Phi) is 10.2.